The number of rotatable bonds is 6. The van der Waals surface area contributed by atoms with Gasteiger partial charge in [0.2, 0.25) is 5.91 Å². The van der Waals surface area contributed by atoms with Gasteiger partial charge in [-0.3, -0.25) is 14.3 Å². The van der Waals surface area contributed by atoms with Crippen LogP contribution in [-0.4, -0.2) is 41.9 Å². The van der Waals surface area contributed by atoms with Crippen LogP contribution in [0.15, 0.2) is 49.2 Å². The first kappa shape index (κ1) is 17.9. The zero-order valence-corrected chi connectivity index (χ0v) is 14.7. The molecule has 0 aliphatic carbocycles. The molecule has 7 heteroatoms. The van der Waals surface area contributed by atoms with Gasteiger partial charge in [0.25, 0.3) is 5.91 Å². The van der Waals surface area contributed by atoms with E-state index in [1.807, 2.05) is 10.9 Å². The van der Waals surface area contributed by atoms with Gasteiger partial charge in [-0.2, -0.15) is 5.10 Å². The van der Waals surface area contributed by atoms with Crippen molar-refractivity contribution in [2.45, 2.75) is 13.0 Å². The van der Waals surface area contributed by atoms with Crippen LogP contribution in [0.25, 0.3) is 0 Å². The average Bonchev–Trinajstić information content (AvgIpc) is 3.33. The van der Waals surface area contributed by atoms with Crippen molar-refractivity contribution in [3.05, 3.63) is 54.7 Å². The molecule has 2 aromatic rings. The van der Waals surface area contributed by atoms with Crippen molar-refractivity contribution in [1.82, 2.24) is 9.78 Å². The minimum absolute atomic E-state index is 0.208. The molecule has 0 radical (unpaired) electrons. The molecule has 1 N–H and O–H groups in total. The summed E-state index contributed by atoms with van der Waals surface area (Å²) in [6.45, 7) is 5.81. The average molecular weight is 354 g/mol. The Morgan fingerprint density at radius 2 is 2.15 bits per heavy atom. The first-order valence-electron chi connectivity index (χ1n) is 8.49. The molecule has 1 fully saturated rings. The minimum atomic E-state index is -0.247. The summed E-state index contributed by atoms with van der Waals surface area (Å²) in [5.74, 6) is 0.530. The highest BCUT2D eigenvalue weighted by Crippen LogP contribution is 2.17. The number of anilines is 2. The predicted molar refractivity (Wildman–Crippen MR) is 99.2 cm³/mol. The van der Waals surface area contributed by atoms with Crippen LogP contribution < -0.4 is 10.2 Å². The molecule has 3 rings (SSSR count). The van der Waals surface area contributed by atoms with Crippen molar-refractivity contribution in [2.24, 2.45) is 5.92 Å². The molecule has 1 aromatic carbocycles. The first-order chi connectivity index (χ1) is 12.6. The van der Waals surface area contributed by atoms with Crippen molar-refractivity contribution in [1.29, 1.82) is 0 Å². The monoisotopic (exact) mass is 354 g/mol. The molecule has 1 unspecified atom stereocenters. The summed E-state index contributed by atoms with van der Waals surface area (Å²) in [5.41, 5.74) is 1.18. The van der Waals surface area contributed by atoms with Crippen molar-refractivity contribution in [3.63, 3.8) is 0 Å². The highest BCUT2D eigenvalue weighted by molar-refractivity contribution is 6.04. The molecule has 7 nitrogen and oxygen atoms in total. The van der Waals surface area contributed by atoms with Crippen LogP contribution in [0, 0.1) is 5.92 Å². The third-order valence-corrected chi connectivity index (χ3v) is 4.37. The Morgan fingerprint density at radius 1 is 1.38 bits per heavy atom. The van der Waals surface area contributed by atoms with Crippen molar-refractivity contribution < 1.29 is 14.3 Å². The summed E-state index contributed by atoms with van der Waals surface area (Å²) in [5, 5.41) is 7.17. The van der Waals surface area contributed by atoms with E-state index in [1.165, 1.54) is 11.0 Å². The number of benzene rings is 1. The largest absolute Gasteiger partial charge is 0.381 e. The van der Waals surface area contributed by atoms with Crippen molar-refractivity contribution >= 4 is 23.3 Å². The lowest BCUT2D eigenvalue weighted by atomic mass is 10.1. The molecule has 1 atom stereocenters. The van der Waals surface area contributed by atoms with E-state index in [1.54, 1.807) is 37.4 Å². The Hall–Kier alpha value is -2.93. The highest BCUT2D eigenvalue weighted by atomic mass is 16.5. The van der Waals surface area contributed by atoms with Crippen LogP contribution in [0.5, 0.6) is 0 Å². The van der Waals surface area contributed by atoms with E-state index < -0.39 is 0 Å². The summed E-state index contributed by atoms with van der Waals surface area (Å²) in [6.07, 6.45) is 4.14. The summed E-state index contributed by atoms with van der Waals surface area (Å²) in [4.78, 5) is 25.4. The van der Waals surface area contributed by atoms with E-state index in [0.29, 0.717) is 23.0 Å². The number of carbonyl (C=O) groups excluding carboxylic acids is 2. The molecular weight excluding hydrogens is 332 g/mol. The second-order valence-corrected chi connectivity index (χ2v) is 6.26. The van der Waals surface area contributed by atoms with Crippen LogP contribution in [0.3, 0.4) is 0 Å². The molecule has 0 bridgehead atoms. The fourth-order valence-electron chi connectivity index (χ4n) is 2.81. The quantitative estimate of drug-likeness (QED) is 0.808. The number of hydrogen-bond acceptors (Lipinski definition) is 4. The van der Waals surface area contributed by atoms with Crippen LogP contribution >= 0.6 is 0 Å². The number of amides is 2. The van der Waals surface area contributed by atoms with Crippen LogP contribution in [0.4, 0.5) is 11.5 Å². The number of nitrogens with zero attached hydrogens (tertiary/aromatic N) is 3. The molecule has 26 heavy (non-hydrogen) atoms. The smallest absolute Gasteiger partial charge is 0.256 e. The Morgan fingerprint density at radius 3 is 2.81 bits per heavy atom. The summed E-state index contributed by atoms with van der Waals surface area (Å²) in [7, 11) is 1.65. The third-order valence-electron chi connectivity index (χ3n) is 4.37. The zero-order chi connectivity index (χ0) is 18.5. The number of nitrogens with one attached hydrogen (secondary N) is 1. The lowest BCUT2D eigenvalue weighted by Gasteiger charge is -2.15. The maximum Gasteiger partial charge on any atom is 0.256 e. The molecule has 2 amide bonds. The van der Waals surface area contributed by atoms with Gasteiger partial charge in [0, 0.05) is 49.6 Å². The lowest BCUT2D eigenvalue weighted by molar-refractivity contribution is -0.113. The van der Waals surface area contributed by atoms with Crippen molar-refractivity contribution in [2.75, 3.05) is 30.5 Å². The molecule has 2 heterocycles. The molecule has 1 aliphatic heterocycles. The number of carbonyl (C=O) groups is 2. The first-order valence-corrected chi connectivity index (χ1v) is 8.49. The highest BCUT2D eigenvalue weighted by Gasteiger charge is 2.17. The molecular formula is C19H22N4O3. The summed E-state index contributed by atoms with van der Waals surface area (Å²) < 4.78 is 7.19. The van der Waals surface area contributed by atoms with Gasteiger partial charge in [-0.25, -0.2) is 0 Å². The molecule has 1 aromatic heterocycles. The fourth-order valence-corrected chi connectivity index (χ4v) is 2.81. The Kier molecular flexibility index (Phi) is 5.48. The number of likely N-dealkylation sites (N-methyl/N-ethyl adjacent to an activating group) is 1. The third kappa shape index (κ3) is 4.18. The SMILES string of the molecule is C=CC(=O)N(C)c1ccc(C(=O)Nc2ccn(CC3CCOC3)n2)cc1. The number of ether oxygens (including phenoxy) is 1. The van der Waals surface area contributed by atoms with Gasteiger partial charge in [0.15, 0.2) is 5.82 Å². The maximum absolute atomic E-state index is 12.4. The van der Waals surface area contributed by atoms with Crippen LogP contribution in [0.1, 0.15) is 16.8 Å². The predicted octanol–water partition coefficient (Wildman–Crippen LogP) is 2.32. The Balaban J connectivity index is 1.60. The van der Waals surface area contributed by atoms with Gasteiger partial charge >= 0.3 is 0 Å². The van der Waals surface area contributed by atoms with Gasteiger partial charge in [0.05, 0.1) is 6.61 Å². The Labute approximate surface area is 152 Å². The standard InChI is InChI=1S/C19H22N4O3/c1-3-18(24)22(2)16-6-4-15(5-7-16)19(25)20-17-8-10-23(21-17)12-14-9-11-26-13-14/h3-8,10,14H,1,9,11-13H2,2H3,(H,20,21,25). The minimum Gasteiger partial charge on any atom is -0.381 e. The van der Waals surface area contributed by atoms with E-state index in [9.17, 15) is 9.59 Å². The van der Waals surface area contributed by atoms with Gasteiger partial charge < -0.3 is 15.0 Å². The van der Waals surface area contributed by atoms with E-state index in [4.69, 9.17) is 4.74 Å². The van der Waals surface area contributed by atoms with Crippen LogP contribution in [-0.2, 0) is 16.1 Å². The van der Waals surface area contributed by atoms with Crippen LogP contribution in [0.2, 0.25) is 0 Å². The second kappa shape index (κ2) is 7.97. The maximum atomic E-state index is 12.4. The van der Waals surface area contributed by atoms with Gasteiger partial charge in [-0.1, -0.05) is 6.58 Å². The summed E-state index contributed by atoms with van der Waals surface area (Å²) >= 11 is 0. The topological polar surface area (TPSA) is 76.5 Å². The Bertz CT molecular complexity index is 791. The summed E-state index contributed by atoms with van der Waals surface area (Å²) in [6, 6.07) is 8.55. The molecule has 0 saturated carbocycles. The molecule has 1 aliphatic rings. The van der Waals surface area contributed by atoms with E-state index in [-0.39, 0.29) is 11.8 Å². The fraction of sp³-hybridized carbons (Fsp3) is 0.316. The van der Waals surface area contributed by atoms with E-state index in [2.05, 4.69) is 17.0 Å². The van der Waals surface area contributed by atoms with Crippen molar-refractivity contribution in [3.8, 4) is 0 Å². The van der Waals surface area contributed by atoms with Gasteiger partial charge in [-0.05, 0) is 36.8 Å². The molecule has 0 spiro atoms. The zero-order valence-electron chi connectivity index (χ0n) is 14.7. The van der Waals surface area contributed by atoms with Gasteiger partial charge in [0.1, 0.15) is 0 Å². The lowest BCUT2D eigenvalue weighted by Crippen LogP contribution is -2.23. The number of hydrogen-bond donors (Lipinski definition) is 1. The normalized spacial score (nSPS) is 16.3. The second-order valence-electron chi connectivity index (χ2n) is 6.26. The van der Waals surface area contributed by atoms with E-state index in [0.717, 1.165) is 26.2 Å². The van der Waals surface area contributed by atoms with E-state index >= 15 is 0 Å². The van der Waals surface area contributed by atoms with Gasteiger partial charge in [-0.15, -0.1) is 0 Å². The molecule has 136 valence electrons. The number of aromatic nitrogens is 2. The molecule has 1 saturated heterocycles.